The van der Waals surface area contributed by atoms with Crippen molar-refractivity contribution >= 4 is 22.0 Å². The van der Waals surface area contributed by atoms with Gasteiger partial charge < -0.3 is 10.6 Å². The predicted molar refractivity (Wildman–Crippen MR) is 80.6 cm³/mol. The lowest BCUT2D eigenvalue weighted by atomic mass is 9.84. The highest BCUT2D eigenvalue weighted by molar-refractivity contribution is 7.17. The zero-order valence-electron chi connectivity index (χ0n) is 11.7. The van der Waals surface area contributed by atoms with Crippen LogP contribution < -0.4 is 10.6 Å². The smallest absolute Gasteiger partial charge is 0.130 e. The molecule has 2 fully saturated rings. The van der Waals surface area contributed by atoms with E-state index in [0.717, 1.165) is 18.8 Å². The fourth-order valence-electron chi connectivity index (χ4n) is 3.13. The van der Waals surface area contributed by atoms with Crippen molar-refractivity contribution in [2.75, 3.05) is 23.7 Å². The minimum atomic E-state index is 0.366. The van der Waals surface area contributed by atoms with Crippen LogP contribution >= 0.6 is 11.3 Å². The van der Waals surface area contributed by atoms with Gasteiger partial charge >= 0.3 is 0 Å². The number of nitrogens with two attached hydrogens (primary N) is 1. The van der Waals surface area contributed by atoms with Gasteiger partial charge in [0.05, 0.1) is 10.7 Å². The number of thiophene rings is 1. The average molecular weight is 275 g/mol. The molecule has 1 aliphatic heterocycles. The Labute approximate surface area is 119 Å². The third-order valence-electron chi connectivity index (χ3n) is 4.24. The molecule has 1 aromatic rings. The first-order chi connectivity index (χ1) is 9.02. The quantitative estimate of drug-likeness (QED) is 0.895. The standard InChI is InChI=1S/C15H21N3S/c1-15(2)6-3-7-18(9-15)14-12(10-4-5-10)13(17)11(8-16)19-14/h10H,3-7,9,17H2,1-2H3. The van der Waals surface area contributed by atoms with Crippen LogP contribution in [0.4, 0.5) is 10.7 Å². The number of hydrogen-bond acceptors (Lipinski definition) is 4. The average Bonchev–Trinajstić information content (AvgIpc) is 3.12. The van der Waals surface area contributed by atoms with Gasteiger partial charge in [-0.15, -0.1) is 11.3 Å². The van der Waals surface area contributed by atoms with Crippen LogP contribution in [0, 0.1) is 16.7 Å². The molecule has 0 atom stereocenters. The number of anilines is 2. The zero-order chi connectivity index (χ0) is 13.6. The summed E-state index contributed by atoms with van der Waals surface area (Å²) in [6.07, 6.45) is 4.98. The van der Waals surface area contributed by atoms with E-state index in [-0.39, 0.29) is 0 Å². The summed E-state index contributed by atoms with van der Waals surface area (Å²) in [6.45, 7) is 6.85. The molecule has 0 unspecified atom stereocenters. The second kappa shape index (κ2) is 4.42. The molecule has 3 rings (SSSR count). The fraction of sp³-hybridized carbons (Fsp3) is 0.667. The number of rotatable bonds is 2. The molecule has 0 spiro atoms. The molecule has 1 aliphatic carbocycles. The van der Waals surface area contributed by atoms with E-state index in [9.17, 15) is 5.26 Å². The Kier molecular flexibility index (Phi) is 2.98. The number of piperidine rings is 1. The maximum atomic E-state index is 9.22. The highest BCUT2D eigenvalue weighted by Crippen LogP contribution is 2.52. The number of nitrogen functional groups attached to an aromatic ring is 1. The first kappa shape index (κ1) is 12.8. The van der Waals surface area contributed by atoms with Crippen molar-refractivity contribution in [1.82, 2.24) is 0 Å². The van der Waals surface area contributed by atoms with E-state index in [1.54, 1.807) is 11.3 Å². The minimum absolute atomic E-state index is 0.366. The normalized spacial score (nSPS) is 22.3. The van der Waals surface area contributed by atoms with E-state index in [1.165, 1.54) is 36.2 Å². The van der Waals surface area contributed by atoms with E-state index >= 15 is 0 Å². The molecule has 2 N–H and O–H groups in total. The van der Waals surface area contributed by atoms with Crippen LogP contribution in [0.2, 0.25) is 0 Å². The Bertz CT molecular complexity index is 534. The Hall–Kier alpha value is -1.21. The molecule has 102 valence electrons. The molecule has 1 saturated heterocycles. The summed E-state index contributed by atoms with van der Waals surface area (Å²) in [7, 11) is 0. The lowest BCUT2D eigenvalue weighted by molar-refractivity contribution is 0.293. The molecule has 2 aliphatic rings. The van der Waals surface area contributed by atoms with Gasteiger partial charge in [0, 0.05) is 18.7 Å². The summed E-state index contributed by atoms with van der Waals surface area (Å²) in [5.41, 5.74) is 8.59. The third-order valence-corrected chi connectivity index (χ3v) is 5.43. The van der Waals surface area contributed by atoms with Crippen LogP contribution in [0.1, 0.15) is 55.9 Å². The van der Waals surface area contributed by atoms with Crippen LogP contribution in [-0.2, 0) is 0 Å². The molecular weight excluding hydrogens is 254 g/mol. The van der Waals surface area contributed by atoms with E-state index < -0.39 is 0 Å². The molecule has 0 radical (unpaired) electrons. The lowest BCUT2D eigenvalue weighted by Gasteiger charge is -2.39. The van der Waals surface area contributed by atoms with Crippen LogP contribution in [0.15, 0.2) is 0 Å². The largest absolute Gasteiger partial charge is 0.397 e. The van der Waals surface area contributed by atoms with Crippen molar-refractivity contribution in [3.63, 3.8) is 0 Å². The SMILES string of the molecule is CC1(C)CCCN(c2sc(C#N)c(N)c2C2CC2)C1. The van der Waals surface area contributed by atoms with E-state index in [0.29, 0.717) is 16.2 Å². The Balaban J connectivity index is 1.98. The highest BCUT2D eigenvalue weighted by atomic mass is 32.1. The zero-order valence-corrected chi connectivity index (χ0v) is 12.5. The third kappa shape index (κ3) is 2.32. The molecule has 1 saturated carbocycles. The van der Waals surface area contributed by atoms with Gasteiger partial charge in [-0.3, -0.25) is 0 Å². The van der Waals surface area contributed by atoms with Crippen LogP contribution in [-0.4, -0.2) is 13.1 Å². The van der Waals surface area contributed by atoms with E-state index in [1.807, 2.05) is 0 Å². The van der Waals surface area contributed by atoms with E-state index in [4.69, 9.17) is 5.73 Å². The van der Waals surface area contributed by atoms with Gasteiger partial charge in [-0.05, 0) is 37.0 Å². The van der Waals surface area contributed by atoms with Crippen molar-refractivity contribution in [2.24, 2.45) is 5.41 Å². The van der Waals surface area contributed by atoms with Crippen molar-refractivity contribution in [3.05, 3.63) is 10.4 Å². The molecule has 2 heterocycles. The minimum Gasteiger partial charge on any atom is -0.397 e. The number of nitriles is 1. The van der Waals surface area contributed by atoms with Gasteiger partial charge in [-0.1, -0.05) is 13.8 Å². The van der Waals surface area contributed by atoms with Gasteiger partial charge in [-0.25, -0.2) is 0 Å². The number of hydrogen-bond donors (Lipinski definition) is 1. The molecule has 4 heteroatoms. The van der Waals surface area contributed by atoms with Crippen LogP contribution in [0.5, 0.6) is 0 Å². The summed E-state index contributed by atoms with van der Waals surface area (Å²) in [5, 5.41) is 10.5. The second-order valence-electron chi connectivity index (χ2n) is 6.64. The summed E-state index contributed by atoms with van der Waals surface area (Å²) >= 11 is 1.60. The molecule has 19 heavy (non-hydrogen) atoms. The Morgan fingerprint density at radius 1 is 1.42 bits per heavy atom. The van der Waals surface area contributed by atoms with Gasteiger partial charge in [0.25, 0.3) is 0 Å². The van der Waals surface area contributed by atoms with Crippen molar-refractivity contribution in [1.29, 1.82) is 5.26 Å². The summed E-state index contributed by atoms with van der Waals surface area (Å²) in [5.74, 6) is 0.610. The summed E-state index contributed by atoms with van der Waals surface area (Å²) in [6, 6.07) is 2.27. The second-order valence-corrected chi connectivity index (χ2v) is 7.64. The predicted octanol–water partition coefficient (Wildman–Crippen LogP) is 3.71. The molecule has 0 bridgehead atoms. The van der Waals surface area contributed by atoms with Crippen molar-refractivity contribution in [2.45, 2.75) is 45.4 Å². The number of nitrogens with zero attached hydrogens (tertiary/aromatic N) is 2. The molecule has 3 nitrogen and oxygen atoms in total. The monoisotopic (exact) mass is 275 g/mol. The Morgan fingerprint density at radius 3 is 2.74 bits per heavy atom. The summed E-state index contributed by atoms with van der Waals surface area (Å²) < 4.78 is 0. The van der Waals surface area contributed by atoms with Gasteiger partial charge in [0.1, 0.15) is 10.9 Å². The Morgan fingerprint density at radius 2 is 2.16 bits per heavy atom. The van der Waals surface area contributed by atoms with Gasteiger partial charge in [0.15, 0.2) is 0 Å². The maximum absolute atomic E-state index is 9.22. The fourth-order valence-corrected chi connectivity index (χ4v) is 4.26. The van der Waals surface area contributed by atoms with Crippen molar-refractivity contribution in [3.8, 4) is 6.07 Å². The summed E-state index contributed by atoms with van der Waals surface area (Å²) in [4.78, 5) is 3.18. The van der Waals surface area contributed by atoms with Crippen LogP contribution in [0.25, 0.3) is 0 Å². The van der Waals surface area contributed by atoms with Crippen molar-refractivity contribution < 1.29 is 0 Å². The van der Waals surface area contributed by atoms with Crippen LogP contribution in [0.3, 0.4) is 0 Å². The first-order valence-corrected chi connectivity index (χ1v) is 7.91. The van der Waals surface area contributed by atoms with Gasteiger partial charge in [-0.2, -0.15) is 5.26 Å². The molecular formula is C15H21N3S. The first-order valence-electron chi connectivity index (χ1n) is 7.09. The topological polar surface area (TPSA) is 53.0 Å². The highest BCUT2D eigenvalue weighted by Gasteiger charge is 2.35. The molecule has 0 aromatic carbocycles. The molecule has 0 amide bonds. The maximum Gasteiger partial charge on any atom is 0.130 e. The van der Waals surface area contributed by atoms with Gasteiger partial charge in [0.2, 0.25) is 0 Å². The molecule has 1 aromatic heterocycles. The van der Waals surface area contributed by atoms with E-state index in [2.05, 4.69) is 24.8 Å². The lowest BCUT2D eigenvalue weighted by Crippen LogP contribution is -2.40.